The van der Waals surface area contributed by atoms with Crippen LogP contribution in [0.4, 0.5) is 0 Å². The van der Waals surface area contributed by atoms with Gasteiger partial charge in [0.05, 0.1) is 18.8 Å². The number of aliphatic hydroxyl groups is 1. The van der Waals surface area contributed by atoms with E-state index in [9.17, 15) is 5.11 Å². The second-order valence-electron chi connectivity index (χ2n) is 4.85. The quantitative estimate of drug-likeness (QED) is 0.703. The Morgan fingerprint density at radius 2 is 1.64 bits per heavy atom. The highest BCUT2D eigenvalue weighted by atomic mass is 16.5. The summed E-state index contributed by atoms with van der Waals surface area (Å²) < 4.78 is 5.78. The van der Waals surface area contributed by atoms with Crippen LogP contribution in [-0.4, -0.2) is 23.9 Å². The Morgan fingerprint density at radius 3 is 2.21 bits per heavy atom. The SMILES string of the molecule is OC(COC1CCCCCC1)C1CC1. The summed E-state index contributed by atoms with van der Waals surface area (Å²) in [5.74, 6) is 0.556. The van der Waals surface area contributed by atoms with E-state index in [4.69, 9.17) is 4.74 Å². The van der Waals surface area contributed by atoms with Gasteiger partial charge in [0, 0.05) is 0 Å². The van der Waals surface area contributed by atoms with Crippen LogP contribution in [0.1, 0.15) is 51.4 Å². The topological polar surface area (TPSA) is 29.5 Å². The lowest BCUT2D eigenvalue weighted by molar-refractivity contribution is -0.0222. The molecule has 0 amide bonds. The van der Waals surface area contributed by atoms with Crippen molar-refractivity contribution in [3.05, 3.63) is 0 Å². The molecule has 2 aliphatic carbocycles. The Kier molecular flexibility index (Phi) is 3.82. The molecule has 0 aromatic heterocycles. The van der Waals surface area contributed by atoms with Gasteiger partial charge in [0.1, 0.15) is 0 Å². The number of hydrogen-bond donors (Lipinski definition) is 1. The van der Waals surface area contributed by atoms with Crippen LogP contribution >= 0.6 is 0 Å². The zero-order valence-electron chi connectivity index (χ0n) is 8.95. The molecule has 0 saturated heterocycles. The van der Waals surface area contributed by atoms with E-state index in [2.05, 4.69) is 0 Å². The molecule has 2 nitrogen and oxygen atoms in total. The van der Waals surface area contributed by atoms with Crippen LogP contribution in [0.25, 0.3) is 0 Å². The van der Waals surface area contributed by atoms with Crippen LogP contribution in [0, 0.1) is 5.92 Å². The molecule has 1 atom stereocenters. The maximum atomic E-state index is 9.66. The Bertz CT molecular complexity index is 158. The van der Waals surface area contributed by atoms with Gasteiger partial charge >= 0.3 is 0 Å². The van der Waals surface area contributed by atoms with Crippen LogP contribution in [0.15, 0.2) is 0 Å². The van der Waals surface area contributed by atoms with Gasteiger partial charge in [0.15, 0.2) is 0 Å². The summed E-state index contributed by atoms with van der Waals surface area (Å²) >= 11 is 0. The Balaban J connectivity index is 1.62. The van der Waals surface area contributed by atoms with Crippen molar-refractivity contribution in [1.82, 2.24) is 0 Å². The van der Waals surface area contributed by atoms with Crippen molar-refractivity contribution in [2.45, 2.75) is 63.6 Å². The molecule has 2 rings (SSSR count). The smallest absolute Gasteiger partial charge is 0.0801 e. The molecule has 2 saturated carbocycles. The fourth-order valence-corrected chi connectivity index (χ4v) is 2.26. The second-order valence-corrected chi connectivity index (χ2v) is 4.85. The number of ether oxygens (including phenoxy) is 1. The Labute approximate surface area is 86.6 Å². The fourth-order valence-electron chi connectivity index (χ4n) is 2.26. The number of aliphatic hydroxyl groups excluding tert-OH is 1. The maximum absolute atomic E-state index is 9.66. The molecule has 0 spiro atoms. The monoisotopic (exact) mass is 198 g/mol. The van der Waals surface area contributed by atoms with Crippen molar-refractivity contribution in [2.24, 2.45) is 5.92 Å². The lowest BCUT2D eigenvalue weighted by atomic mass is 10.1. The maximum Gasteiger partial charge on any atom is 0.0801 e. The third-order valence-electron chi connectivity index (χ3n) is 3.47. The van der Waals surface area contributed by atoms with Crippen molar-refractivity contribution in [2.75, 3.05) is 6.61 Å². The largest absolute Gasteiger partial charge is 0.390 e. The van der Waals surface area contributed by atoms with E-state index in [1.165, 1.54) is 51.4 Å². The summed E-state index contributed by atoms with van der Waals surface area (Å²) in [6.07, 6.45) is 10.4. The van der Waals surface area contributed by atoms with Gasteiger partial charge in [-0.05, 0) is 31.6 Å². The molecule has 1 unspecified atom stereocenters. The lowest BCUT2D eigenvalue weighted by Crippen LogP contribution is -2.22. The first-order chi connectivity index (χ1) is 6.86. The van der Waals surface area contributed by atoms with Gasteiger partial charge in [-0.25, -0.2) is 0 Å². The zero-order chi connectivity index (χ0) is 9.80. The predicted octanol–water partition coefficient (Wildman–Crippen LogP) is 2.50. The van der Waals surface area contributed by atoms with Gasteiger partial charge in [-0.1, -0.05) is 25.7 Å². The molecule has 0 radical (unpaired) electrons. The number of rotatable bonds is 4. The standard InChI is InChI=1S/C12H22O2/c13-12(10-7-8-10)9-14-11-5-3-1-2-4-6-11/h10-13H,1-9H2. The van der Waals surface area contributed by atoms with E-state index in [0.29, 0.717) is 18.6 Å². The minimum Gasteiger partial charge on any atom is -0.390 e. The van der Waals surface area contributed by atoms with Crippen molar-refractivity contribution >= 4 is 0 Å². The fraction of sp³-hybridized carbons (Fsp3) is 1.00. The van der Waals surface area contributed by atoms with Crippen LogP contribution < -0.4 is 0 Å². The first-order valence-corrected chi connectivity index (χ1v) is 6.16. The first-order valence-electron chi connectivity index (χ1n) is 6.16. The van der Waals surface area contributed by atoms with Gasteiger partial charge in [-0.2, -0.15) is 0 Å². The second kappa shape index (κ2) is 5.13. The zero-order valence-corrected chi connectivity index (χ0v) is 8.95. The van der Waals surface area contributed by atoms with Crippen LogP contribution in [-0.2, 0) is 4.74 Å². The van der Waals surface area contributed by atoms with Gasteiger partial charge in [-0.3, -0.25) is 0 Å². The normalized spacial score (nSPS) is 27.2. The highest BCUT2D eigenvalue weighted by Crippen LogP contribution is 2.33. The molecule has 0 aromatic carbocycles. The minimum atomic E-state index is -0.182. The molecule has 2 aliphatic rings. The highest BCUT2D eigenvalue weighted by Gasteiger charge is 2.30. The van der Waals surface area contributed by atoms with Gasteiger partial charge in [-0.15, -0.1) is 0 Å². The van der Waals surface area contributed by atoms with Gasteiger partial charge < -0.3 is 9.84 Å². The van der Waals surface area contributed by atoms with Crippen molar-refractivity contribution in [1.29, 1.82) is 0 Å². The van der Waals surface area contributed by atoms with E-state index in [-0.39, 0.29) is 6.10 Å². The molecule has 82 valence electrons. The van der Waals surface area contributed by atoms with Crippen LogP contribution in [0.5, 0.6) is 0 Å². The van der Waals surface area contributed by atoms with E-state index < -0.39 is 0 Å². The minimum absolute atomic E-state index is 0.182. The van der Waals surface area contributed by atoms with E-state index in [0.717, 1.165) is 0 Å². The molecule has 1 N–H and O–H groups in total. The molecule has 2 fully saturated rings. The molecule has 0 heterocycles. The summed E-state index contributed by atoms with van der Waals surface area (Å²) in [4.78, 5) is 0. The van der Waals surface area contributed by atoms with Crippen molar-refractivity contribution in [3.63, 3.8) is 0 Å². The highest BCUT2D eigenvalue weighted by molar-refractivity contribution is 4.80. The summed E-state index contributed by atoms with van der Waals surface area (Å²) in [5, 5.41) is 9.66. The van der Waals surface area contributed by atoms with Crippen molar-refractivity contribution in [3.8, 4) is 0 Å². The average Bonchev–Trinajstić information content (AvgIpc) is 3.01. The molecular formula is C12H22O2. The molecule has 14 heavy (non-hydrogen) atoms. The number of hydrogen-bond acceptors (Lipinski definition) is 2. The third kappa shape index (κ3) is 3.25. The van der Waals surface area contributed by atoms with Crippen LogP contribution in [0.2, 0.25) is 0 Å². The third-order valence-corrected chi connectivity index (χ3v) is 3.47. The Morgan fingerprint density at radius 1 is 1.00 bits per heavy atom. The Hall–Kier alpha value is -0.0800. The molecular weight excluding hydrogens is 176 g/mol. The molecule has 0 bridgehead atoms. The molecule has 0 aliphatic heterocycles. The van der Waals surface area contributed by atoms with Crippen LogP contribution in [0.3, 0.4) is 0 Å². The summed E-state index contributed by atoms with van der Waals surface area (Å²) in [5.41, 5.74) is 0. The van der Waals surface area contributed by atoms with E-state index in [1.807, 2.05) is 0 Å². The summed E-state index contributed by atoms with van der Waals surface area (Å²) in [6.45, 7) is 0.579. The van der Waals surface area contributed by atoms with Gasteiger partial charge in [0.2, 0.25) is 0 Å². The average molecular weight is 198 g/mol. The van der Waals surface area contributed by atoms with E-state index >= 15 is 0 Å². The molecule has 0 aromatic rings. The summed E-state index contributed by atoms with van der Waals surface area (Å²) in [6, 6.07) is 0. The first kappa shape index (κ1) is 10.4. The predicted molar refractivity (Wildman–Crippen MR) is 56.2 cm³/mol. The van der Waals surface area contributed by atoms with Gasteiger partial charge in [0.25, 0.3) is 0 Å². The molecule has 2 heteroatoms. The summed E-state index contributed by atoms with van der Waals surface area (Å²) in [7, 11) is 0. The van der Waals surface area contributed by atoms with E-state index in [1.54, 1.807) is 0 Å². The van der Waals surface area contributed by atoms with Crippen molar-refractivity contribution < 1.29 is 9.84 Å². The lowest BCUT2D eigenvalue weighted by Gasteiger charge is -2.17.